The lowest BCUT2D eigenvalue weighted by Crippen LogP contribution is -2.16. The number of hydrogen-bond acceptors (Lipinski definition) is 2. The zero-order valence-corrected chi connectivity index (χ0v) is 8.15. The van der Waals surface area contributed by atoms with E-state index in [4.69, 9.17) is 27.9 Å². The lowest BCUT2D eigenvalue weighted by atomic mass is 10.1. The maximum Gasteiger partial charge on any atom is 0.339 e. The van der Waals surface area contributed by atoms with Crippen molar-refractivity contribution in [3.8, 4) is 0 Å². The molecule has 0 aliphatic carbocycles. The average Bonchev–Trinajstić information content (AvgIpc) is 1.99. The summed E-state index contributed by atoms with van der Waals surface area (Å²) in [7, 11) is 0. The van der Waals surface area contributed by atoms with Gasteiger partial charge in [-0.15, -0.1) is 0 Å². The minimum Gasteiger partial charge on any atom is -0.463 e. The van der Waals surface area contributed by atoms with Crippen molar-refractivity contribution in [3.05, 3.63) is 0 Å². The van der Waals surface area contributed by atoms with Crippen molar-refractivity contribution in [2.45, 2.75) is 25.1 Å². The molecule has 0 aliphatic heterocycles. The van der Waals surface area contributed by atoms with Crippen molar-refractivity contribution in [1.29, 1.82) is 0 Å². The predicted molar refractivity (Wildman–Crippen MR) is 45.9 cm³/mol. The molecule has 0 bridgehead atoms. The van der Waals surface area contributed by atoms with Crippen molar-refractivity contribution in [2.24, 2.45) is 5.92 Å². The Morgan fingerprint density at radius 1 is 1.55 bits per heavy atom. The van der Waals surface area contributed by atoms with Gasteiger partial charge in [0.1, 0.15) is 0 Å². The highest BCUT2D eigenvalue weighted by Crippen LogP contribution is 2.06. The lowest BCUT2D eigenvalue weighted by molar-refractivity contribution is -0.142. The van der Waals surface area contributed by atoms with Crippen LogP contribution in [-0.4, -0.2) is 17.4 Å². The first-order chi connectivity index (χ1) is 5.07. The summed E-state index contributed by atoms with van der Waals surface area (Å²) in [6.07, 6.45) is 0.975. The van der Waals surface area contributed by atoms with E-state index in [1.54, 1.807) is 0 Å². The Bertz CT molecular complexity index is 126. The molecule has 0 fully saturated rings. The first-order valence-corrected chi connectivity index (χ1v) is 4.40. The Kier molecular flexibility index (Phi) is 5.69. The molecule has 0 aromatic carbocycles. The van der Waals surface area contributed by atoms with E-state index >= 15 is 0 Å². The second-order valence-corrected chi connectivity index (χ2v) is 3.54. The number of alkyl halides is 2. The molecular formula is C7H12Cl2O2. The number of ether oxygens (including phenoxy) is 1. The number of halogens is 2. The van der Waals surface area contributed by atoms with E-state index in [0.29, 0.717) is 12.5 Å². The molecule has 0 aromatic heterocycles. The van der Waals surface area contributed by atoms with Crippen LogP contribution in [0, 0.1) is 5.92 Å². The summed E-state index contributed by atoms with van der Waals surface area (Å²) in [4.78, 5) is 9.62. The van der Waals surface area contributed by atoms with Gasteiger partial charge in [0.25, 0.3) is 0 Å². The van der Waals surface area contributed by atoms with Crippen LogP contribution in [0.2, 0.25) is 0 Å². The van der Waals surface area contributed by atoms with Crippen LogP contribution < -0.4 is 0 Å². The normalized spacial score (nSPS) is 13.2. The quantitative estimate of drug-likeness (QED) is 0.513. The third-order valence-corrected chi connectivity index (χ3v) is 1.74. The zero-order chi connectivity index (χ0) is 8.85. The molecule has 2 nitrogen and oxygen atoms in total. The second kappa shape index (κ2) is 5.67. The Morgan fingerprint density at radius 3 is 2.45 bits per heavy atom. The van der Waals surface area contributed by atoms with Crippen LogP contribution in [0.3, 0.4) is 0 Å². The molecule has 4 heteroatoms. The van der Waals surface area contributed by atoms with Gasteiger partial charge in [-0.3, -0.25) is 0 Å². The van der Waals surface area contributed by atoms with Crippen LogP contribution in [0.25, 0.3) is 0 Å². The van der Waals surface area contributed by atoms with E-state index < -0.39 is 10.8 Å². The molecule has 0 radical (unpaired) electrons. The number of carbonyl (C=O) groups excluding carboxylic acids is 1. The smallest absolute Gasteiger partial charge is 0.339 e. The number of esters is 1. The minimum atomic E-state index is -1.06. The Labute approximate surface area is 76.8 Å². The van der Waals surface area contributed by atoms with Crippen molar-refractivity contribution >= 4 is 29.2 Å². The van der Waals surface area contributed by atoms with Gasteiger partial charge < -0.3 is 4.74 Å². The predicted octanol–water partition coefficient (Wildman–Crippen LogP) is 2.38. The van der Waals surface area contributed by atoms with Crippen molar-refractivity contribution in [2.75, 3.05) is 6.61 Å². The molecule has 1 atom stereocenters. The Balaban J connectivity index is 3.46. The fraction of sp³-hybridized carbons (Fsp3) is 0.857. The van der Waals surface area contributed by atoms with E-state index in [1.807, 2.05) is 13.8 Å². The molecule has 0 spiro atoms. The first kappa shape index (κ1) is 11.1. The summed E-state index contributed by atoms with van der Waals surface area (Å²) in [5.41, 5.74) is 0. The highest BCUT2D eigenvalue weighted by Gasteiger charge is 2.13. The second-order valence-electron chi connectivity index (χ2n) is 2.44. The Hall–Kier alpha value is 0.0500. The molecule has 0 heterocycles. The third kappa shape index (κ3) is 5.33. The zero-order valence-electron chi connectivity index (χ0n) is 6.64. The van der Waals surface area contributed by atoms with Gasteiger partial charge in [-0.05, 0) is 5.92 Å². The molecule has 0 saturated carbocycles. The highest BCUT2D eigenvalue weighted by molar-refractivity contribution is 6.52. The monoisotopic (exact) mass is 198 g/mol. The number of rotatable bonds is 4. The molecule has 0 rings (SSSR count). The third-order valence-electron chi connectivity index (χ3n) is 1.39. The molecule has 0 saturated heterocycles. The molecule has 0 aromatic rings. The van der Waals surface area contributed by atoms with Gasteiger partial charge in [-0.1, -0.05) is 43.5 Å². The summed E-state index contributed by atoms with van der Waals surface area (Å²) >= 11 is 10.5. The van der Waals surface area contributed by atoms with Crippen LogP contribution in [0.1, 0.15) is 20.3 Å². The lowest BCUT2D eigenvalue weighted by Gasteiger charge is -2.09. The van der Waals surface area contributed by atoms with Crippen LogP contribution in [0.4, 0.5) is 0 Å². The van der Waals surface area contributed by atoms with Gasteiger partial charge in [-0.2, -0.15) is 0 Å². The van der Waals surface area contributed by atoms with Crippen molar-refractivity contribution in [1.82, 2.24) is 0 Å². The van der Waals surface area contributed by atoms with E-state index in [9.17, 15) is 4.79 Å². The summed E-state index contributed by atoms with van der Waals surface area (Å²) in [6.45, 7) is 4.41. The van der Waals surface area contributed by atoms with Gasteiger partial charge in [0.15, 0.2) is 0 Å². The number of hydrogen-bond donors (Lipinski definition) is 0. The molecule has 0 unspecified atom stereocenters. The SMILES string of the molecule is CC[C@@H](C)COC(=O)C(Cl)Cl. The van der Waals surface area contributed by atoms with Crippen LogP contribution in [0.15, 0.2) is 0 Å². The molecule has 0 N–H and O–H groups in total. The first-order valence-electron chi connectivity index (χ1n) is 3.52. The summed E-state index contributed by atoms with van der Waals surface area (Å²) < 4.78 is 4.75. The molecule has 0 amide bonds. The fourth-order valence-electron chi connectivity index (χ4n) is 0.405. The standard InChI is InChI=1S/C7H12Cl2O2/c1-3-5(2)4-11-7(10)6(8)9/h5-6H,3-4H2,1-2H3/t5-/m1/s1. The van der Waals surface area contributed by atoms with E-state index in [0.717, 1.165) is 6.42 Å². The van der Waals surface area contributed by atoms with Gasteiger partial charge in [0.2, 0.25) is 4.84 Å². The van der Waals surface area contributed by atoms with Gasteiger partial charge >= 0.3 is 5.97 Å². The molecule has 11 heavy (non-hydrogen) atoms. The van der Waals surface area contributed by atoms with Crippen LogP contribution in [0.5, 0.6) is 0 Å². The molecule has 0 aliphatic rings. The van der Waals surface area contributed by atoms with E-state index in [1.165, 1.54) is 0 Å². The van der Waals surface area contributed by atoms with Crippen molar-refractivity contribution < 1.29 is 9.53 Å². The molecule has 66 valence electrons. The summed E-state index contributed by atoms with van der Waals surface area (Å²) in [6, 6.07) is 0. The van der Waals surface area contributed by atoms with Crippen molar-refractivity contribution in [3.63, 3.8) is 0 Å². The topological polar surface area (TPSA) is 26.3 Å². The number of carbonyl (C=O) groups is 1. The molecular weight excluding hydrogens is 187 g/mol. The maximum absolute atomic E-state index is 10.7. The Morgan fingerprint density at radius 2 is 2.09 bits per heavy atom. The average molecular weight is 199 g/mol. The van der Waals surface area contributed by atoms with E-state index in [-0.39, 0.29) is 0 Å². The van der Waals surface area contributed by atoms with Crippen LogP contribution in [-0.2, 0) is 9.53 Å². The van der Waals surface area contributed by atoms with Gasteiger partial charge in [0.05, 0.1) is 6.61 Å². The van der Waals surface area contributed by atoms with E-state index in [2.05, 4.69) is 0 Å². The van der Waals surface area contributed by atoms with Gasteiger partial charge in [0, 0.05) is 0 Å². The fourth-order valence-corrected chi connectivity index (χ4v) is 0.531. The van der Waals surface area contributed by atoms with Crippen LogP contribution >= 0.6 is 23.2 Å². The highest BCUT2D eigenvalue weighted by atomic mass is 35.5. The maximum atomic E-state index is 10.7. The largest absolute Gasteiger partial charge is 0.463 e. The minimum absolute atomic E-state index is 0.367. The summed E-state index contributed by atoms with van der Waals surface area (Å²) in [5, 5.41) is 0. The van der Waals surface area contributed by atoms with Gasteiger partial charge in [-0.25, -0.2) is 4.79 Å². The summed E-state index contributed by atoms with van der Waals surface area (Å²) in [5.74, 6) is -0.195.